The molecule has 0 aliphatic carbocycles. The van der Waals surface area contributed by atoms with Gasteiger partial charge in [0.15, 0.2) is 0 Å². The molecule has 0 bridgehead atoms. The molecule has 234 valence electrons. The normalized spacial score (nSPS) is 15.2. The van der Waals surface area contributed by atoms with Gasteiger partial charge in [0.05, 0.1) is 29.4 Å². The summed E-state index contributed by atoms with van der Waals surface area (Å²) in [5.41, 5.74) is 0.329. The van der Waals surface area contributed by atoms with E-state index >= 15 is 0 Å². The summed E-state index contributed by atoms with van der Waals surface area (Å²) in [6.45, 7) is 1.50. The van der Waals surface area contributed by atoms with E-state index in [9.17, 15) is 23.2 Å². The van der Waals surface area contributed by atoms with Crippen molar-refractivity contribution in [2.75, 3.05) is 39.3 Å². The number of H-pyrrole nitrogens is 1. The molecule has 44 heavy (non-hydrogen) atoms. The molecule has 0 atom stereocenters. The highest BCUT2D eigenvalue weighted by atomic mass is 35.5. The average molecular weight is 688 g/mol. The summed E-state index contributed by atoms with van der Waals surface area (Å²) >= 11 is 19.1. The number of carbonyl (C=O) groups is 2. The van der Waals surface area contributed by atoms with Crippen LogP contribution in [0.15, 0.2) is 44.9 Å². The number of alkyl halides is 3. The van der Waals surface area contributed by atoms with Gasteiger partial charge in [-0.25, -0.2) is 4.79 Å². The third-order valence-electron chi connectivity index (χ3n) is 7.39. The van der Waals surface area contributed by atoms with Gasteiger partial charge in [-0.15, -0.1) is 0 Å². The lowest BCUT2D eigenvalue weighted by atomic mass is 10.1. The number of methoxy groups -OCH3 is 2. The van der Waals surface area contributed by atoms with Crippen molar-refractivity contribution in [3.05, 3.63) is 78.7 Å². The third kappa shape index (κ3) is 6.23. The molecule has 1 fully saturated rings. The number of fused-ring (bicyclic) bond motifs is 1. The zero-order valence-corrected chi connectivity index (χ0v) is 26.9. The van der Waals surface area contributed by atoms with E-state index in [0.717, 1.165) is 35.4 Å². The highest BCUT2D eigenvalue weighted by Crippen LogP contribution is 2.44. The number of nitrogens with one attached hydrogen (secondary N) is 1. The standard InChI is InChI=1S/C29H27Cl3F2N4O5S/c1-36-7-4-8-38(28(36)41)19-9-16-12-37(13-17(16)10-20(19)43-3)27(40)23-21(11-22(29(32,33)34)35-26(23)39)44-25-18(30)6-5-15(14-42-2)24(25)31/h5-6,9-11H,4,7-8,12-14H2,1-3H3,(H,35,39). The van der Waals surface area contributed by atoms with Crippen LogP contribution in [0.5, 0.6) is 5.75 Å². The molecule has 0 saturated carbocycles. The Morgan fingerprint density at radius 2 is 1.80 bits per heavy atom. The smallest absolute Gasteiger partial charge is 0.362 e. The molecule has 3 aromatic rings. The number of pyridine rings is 1. The average Bonchev–Trinajstić information content (AvgIpc) is 3.39. The molecule has 0 radical (unpaired) electrons. The molecule has 0 spiro atoms. The van der Waals surface area contributed by atoms with Crippen LogP contribution in [-0.2, 0) is 29.8 Å². The van der Waals surface area contributed by atoms with Gasteiger partial charge in [0, 0.05) is 50.1 Å². The van der Waals surface area contributed by atoms with Crippen LogP contribution in [-0.4, -0.2) is 61.1 Å². The maximum atomic E-state index is 14.2. The van der Waals surface area contributed by atoms with Crippen molar-refractivity contribution in [1.82, 2.24) is 14.8 Å². The molecular formula is C29H27Cl3F2N4O5S. The van der Waals surface area contributed by atoms with Crippen LogP contribution in [0, 0.1) is 0 Å². The van der Waals surface area contributed by atoms with Gasteiger partial charge >= 0.3 is 11.4 Å². The van der Waals surface area contributed by atoms with Crippen molar-refractivity contribution in [3.63, 3.8) is 0 Å². The number of nitrogens with zero attached hydrogens (tertiary/aromatic N) is 3. The number of benzene rings is 2. The quantitative estimate of drug-likeness (QED) is 0.265. The molecule has 0 unspecified atom stereocenters. The van der Waals surface area contributed by atoms with Crippen LogP contribution in [0.4, 0.5) is 19.3 Å². The van der Waals surface area contributed by atoms with Gasteiger partial charge in [-0.2, -0.15) is 8.78 Å². The first kappa shape index (κ1) is 32.4. The molecule has 5 rings (SSSR count). The highest BCUT2D eigenvalue weighted by molar-refractivity contribution is 7.99. The van der Waals surface area contributed by atoms with E-state index in [1.165, 1.54) is 19.1 Å². The molecule has 3 heterocycles. The minimum absolute atomic E-state index is 0.102. The van der Waals surface area contributed by atoms with Gasteiger partial charge < -0.3 is 24.3 Å². The molecule has 1 aromatic heterocycles. The zero-order chi connectivity index (χ0) is 31.9. The molecule has 2 aliphatic heterocycles. The number of urea groups is 1. The summed E-state index contributed by atoms with van der Waals surface area (Å²) in [7, 11) is 4.70. The van der Waals surface area contributed by atoms with Crippen LogP contribution in [0.3, 0.4) is 0 Å². The fourth-order valence-corrected chi connectivity index (χ4v) is 7.02. The molecule has 1 saturated heterocycles. The van der Waals surface area contributed by atoms with Gasteiger partial charge in [0.1, 0.15) is 17.0 Å². The van der Waals surface area contributed by atoms with E-state index < -0.39 is 22.5 Å². The van der Waals surface area contributed by atoms with E-state index in [-0.39, 0.29) is 51.1 Å². The Balaban J connectivity index is 1.53. The van der Waals surface area contributed by atoms with E-state index in [1.807, 2.05) is 0 Å². The van der Waals surface area contributed by atoms with Crippen molar-refractivity contribution in [3.8, 4) is 5.75 Å². The summed E-state index contributed by atoms with van der Waals surface area (Å²) in [5, 5.41) is -3.55. The van der Waals surface area contributed by atoms with E-state index in [2.05, 4.69) is 4.98 Å². The Labute approximate surface area is 270 Å². The van der Waals surface area contributed by atoms with Gasteiger partial charge in [0.25, 0.3) is 11.5 Å². The number of anilines is 1. The lowest BCUT2D eigenvalue weighted by molar-refractivity contribution is 0.0740. The van der Waals surface area contributed by atoms with Crippen LogP contribution < -0.4 is 15.2 Å². The first-order valence-corrected chi connectivity index (χ1v) is 15.3. The van der Waals surface area contributed by atoms with Gasteiger partial charge in [-0.1, -0.05) is 41.0 Å². The number of ether oxygens (including phenoxy) is 2. The number of hydrogen-bond acceptors (Lipinski definition) is 6. The zero-order valence-electron chi connectivity index (χ0n) is 23.8. The minimum atomic E-state index is -3.92. The number of halogens is 5. The molecule has 15 heteroatoms. The molecule has 2 aliphatic rings. The van der Waals surface area contributed by atoms with Crippen molar-refractivity contribution in [2.24, 2.45) is 0 Å². The maximum Gasteiger partial charge on any atom is 0.362 e. The number of amides is 3. The van der Waals surface area contributed by atoms with E-state index in [1.54, 1.807) is 41.1 Å². The molecular weight excluding hydrogens is 661 g/mol. The molecule has 1 N–H and O–H groups in total. The van der Waals surface area contributed by atoms with Crippen molar-refractivity contribution in [1.29, 1.82) is 0 Å². The Hall–Kier alpha value is -3.03. The Bertz CT molecular complexity index is 1700. The second-order valence-electron chi connectivity index (χ2n) is 10.3. The number of carbonyl (C=O) groups excluding carboxylic acids is 2. The summed E-state index contributed by atoms with van der Waals surface area (Å²) in [6.07, 6.45) is 0.774. The van der Waals surface area contributed by atoms with Crippen LogP contribution in [0.2, 0.25) is 10.0 Å². The van der Waals surface area contributed by atoms with E-state index in [4.69, 9.17) is 44.3 Å². The highest BCUT2D eigenvalue weighted by Gasteiger charge is 2.35. The summed E-state index contributed by atoms with van der Waals surface area (Å²) in [4.78, 5) is 47.0. The first-order chi connectivity index (χ1) is 20.8. The summed E-state index contributed by atoms with van der Waals surface area (Å²) in [6, 6.07) is 7.55. The first-order valence-electron chi connectivity index (χ1n) is 13.3. The predicted octanol–water partition coefficient (Wildman–Crippen LogP) is 6.69. The number of aromatic nitrogens is 1. The van der Waals surface area contributed by atoms with Gasteiger partial charge in [-0.3, -0.25) is 14.5 Å². The van der Waals surface area contributed by atoms with Crippen LogP contribution >= 0.6 is 46.6 Å². The van der Waals surface area contributed by atoms with Gasteiger partial charge in [-0.05, 0) is 59.0 Å². The van der Waals surface area contributed by atoms with Gasteiger partial charge in [0.2, 0.25) is 0 Å². The van der Waals surface area contributed by atoms with Crippen LogP contribution in [0.25, 0.3) is 0 Å². The van der Waals surface area contributed by atoms with Crippen molar-refractivity contribution in [2.45, 2.75) is 41.3 Å². The lowest BCUT2D eigenvalue weighted by Gasteiger charge is -2.34. The molecule has 3 amide bonds. The summed E-state index contributed by atoms with van der Waals surface area (Å²) < 4.78 is 39.1. The predicted molar refractivity (Wildman–Crippen MR) is 165 cm³/mol. The largest absolute Gasteiger partial charge is 0.495 e. The number of aromatic amines is 1. The Kier molecular flexibility index (Phi) is 9.39. The fraction of sp³-hybridized carbons (Fsp3) is 0.345. The molecule has 9 nitrogen and oxygen atoms in total. The minimum Gasteiger partial charge on any atom is -0.495 e. The monoisotopic (exact) mass is 686 g/mol. The number of rotatable bonds is 8. The van der Waals surface area contributed by atoms with E-state index in [0.29, 0.717) is 30.1 Å². The van der Waals surface area contributed by atoms with Crippen LogP contribution in [0.1, 0.15) is 39.2 Å². The maximum absolute atomic E-state index is 14.2. The lowest BCUT2D eigenvalue weighted by Crippen LogP contribution is -2.47. The topological polar surface area (TPSA) is 95.2 Å². The third-order valence-corrected chi connectivity index (χ3v) is 9.74. The number of hydrogen-bond donors (Lipinski definition) is 1. The second-order valence-corrected chi connectivity index (χ2v) is 12.6. The van der Waals surface area contributed by atoms with Crippen molar-refractivity contribution >= 4 is 64.2 Å². The fourth-order valence-electron chi connectivity index (χ4n) is 5.19. The Morgan fingerprint density at radius 3 is 2.45 bits per heavy atom. The Morgan fingerprint density at radius 1 is 1.09 bits per heavy atom. The molecule has 2 aromatic carbocycles. The summed E-state index contributed by atoms with van der Waals surface area (Å²) in [5.74, 6) is -0.242. The SMILES string of the molecule is COCc1ccc(Cl)c(Sc2cc(C(F)(F)Cl)[nH]c(=O)c2C(=O)N2Cc3cc(OC)c(N4CCCN(C)C4=O)cc3C2)c1Cl. The van der Waals surface area contributed by atoms with Crippen molar-refractivity contribution < 1.29 is 27.8 Å². The second kappa shape index (κ2) is 12.8.